The van der Waals surface area contributed by atoms with E-state index in [-0.39, 0.29) is 23.8 Å². The third-order valence-corrected chi connectivity index (χ3v) is 5.40. The van der Waals surface area contributed by atoms with Crippen LogP contribution in [0.1, 0.15) is 49.0 Å². The minimum atomic E-state index is -0.415. The van der Waals surface area contributed by atoms with E-state index in [2.05, 4.69) is 30.6 Å². The van der Waals surface area contributed by atoms with Gasteiger partial charge in [-0.1, -0.05) is 12.1 Å². The largest absolute Gasteiger partial charge is 0.366 e. The van der Waals surface area contributed by atoms with Crippen LogP contribution in [0.5, 0.6) is 0 Å². The summed E-state index contributed by atoms with van der Waals surface area (Å²) in [4.78, 5) is 28.5. The molecule has 130 valence electrons. The summed E-state index contributed by atoms with van der Waals surface area (Å²) in [5.74, 6) is 0.254. The van der Waals surface area contributed by atoms with Crippen LogP contribution in [0.25, 0.3) is 0 Å². The predicted octanol–water partition coefficient (Wildman–Crippen LogP) is 1.83. The van der Waals surface area contributed by atoms with Gasteiger partial charge in [0, 0.05) is 43.2 Å². The lowest BCUT2D eigenvalue weighted by molar-refractivity contribution is -0.137. The first kappa shape index (κ1) is 17.0. The van der Waals surface area contributed by atoms with Gasteiger partial charge in [0.1, 0.15) is 0 Å². The molecule has 2 amide bonds. The topological polar surface area (TPSA) is 66.6 Å². The van der Waals surface area contributed by atoms with Crippen LogP contribution in [-0.4, -0.2) is 53.3 Å². The average Bonchev–Trinajstić information content (AvgIpc) is 3.34. The van der Waals surface area contributed by atoms with Crippen LogP contribution in [0.4, 0.5) is 0 Å². The van der Waals surface area contributed by atoms with Crippen LogP contribution >= 0.6 is 0 Å². The molecule has 1 aromatic carbocycles. The first-order valence-corrected chi connectivity index (χ1v) is 8.82. The van der Waals surface area contributed by atoms with E-state index in [9.17, 15) is 9.59 Å². The molecular weight excluding hydrogens is 302 g/mol. The van der Waals surface area contributed by atoms with E-state index in [4.69, 9.17) is 5.73 Å². The Labute approximate surface area is 143 Å². The van der Waals surface area contributed by atoms with E-state index in [1.807, 2.05) is 12.1 Å². The fourth-order valence-corrected chi connectivity index (χ4v) is 3.73. The van der Waals surface area contributed by atoms with Crippen LogP contribution in [0.2, 0.25) is 0 Å². The summed E-state index contributed by atoms with van der Waals surface area (Å²) < 4.78 is 0. The molecule has 0 aromatic heterocycles. The summed E-state index contributed by atoms with van der Waals surface area (Å²) in [6.07, 6.45) is 0.909. The number of benzene rings is 1. The van der Waals surface area contributed by atoms with Gasteiger partial charge in [-0.2, -0.15) is 0 Å². The maximum atomic E-state index is 12.8. The number of nitrogens with zero attached hydrogens (tertiary/aromatic N) is 2. The molecule has 1 saturated carbocycles. The third kappa shape index (κ3) is 3.31. The van der Waals surface area contributed by atoms with Gasteiger partial charge in [-0.05, 0) is 50.8 Å². The number of carbonyl (C=O) groups is 2. The molecule has 3 atom stereocenters. The van der Waals surface area contributed by atoms with Crippen molar-refractivity contribution in [1.29, 1.82) is 0 Å². The molecule has 2 fully saturated rings. The lowest BCUT2D eigenvalue weighted by Crippen LogP contribution is -2.56. The summed E-state index contributed by atoms with van der Waals surface area (Å²) in [5.41, 5.74) is 6.92. The summed E-state index contributed by atoms with van der Waals surface area (Å²) >= 11 is 0. The number of primary amides is 1. The molecule has 0 bridgehead atoms. The Morgan fingerprint density at radius 2 is 1.83 bits per heavy atom. The van der Waals surface area contributed by atoms with Gasteiger partial charge in [-0.15, -0.1) is 0 Å². The Morgan fingerprint density at radius 1 is 1.17 bits per heavy atom. The van der Waals surface area contributed by atoms with E-state index < -0.39 is 5.91 Å². The number of carbonyl (C=O) groups excluding carboxylic acids is 2. The summed E-state index contributed by atoms with van der Waals surface area (Å²) in [5, 5.41) is 0. The zero-order valence-corrected chi connectivity index (χ0v) is 14.7. The zero-order valence-electron chi connectivity index (χ0n) is 14.7. The molecule has 5 heteroatoms. The standard InChI is InChI=1S/C19H27N3O2/c1-12(2)21-8-9-22(13(3)11-21)19(24)17-10-16(17)14-4-6-15(7-5-14)18(20)23/h4-7,12-13,16-17H,8-11H2,1-3H3,(H2,20,23)/t13-,16?,17?/m0/s1. The van der Waals surface area contributed by atoms with Crippen LogP contribution in [-0.2, 0) is 4.79 Å². The second-order valence-corrected chi connectivity index (χ2v) is 7.40. The van der Waals surface area contributed by atoms with Crippen molar-refractivity contribution in [1.82, 2.24) is 9.80 Å². The molecule has 24 heavy (non-hydrogen) atoms. The molecule has 1 aromatic rings. The quantitative estimate of drug-likeness (QED) is 0.916. The SMILES string of the molecule is CC(C)N1CCN(C(=O)C2CC2c2ccc(C(N)=O)cc2)[C@@H](C)C1. The minimum absolute atomic E-state index is 0.0949. The van der Waals surface area contributed by atoms with Gasteiger partial charge in [0.15, 0.2) is 0 Å². The molecule has 1 aliphatic heterocycles. The van der Waals surface area contributed by atoms with Crippen molar-refractivity contribution < 1.29 is 9.59 Å². The fraction of sp³-hybridized carbons (Fsp3) is 0.579. The molecule has 2 N–H and O–H groups in total. The van der Waals surface area contributed by atoms with Crippen LogP contribution in [0, 0.1) is 5.92 Å². The van der Waals surface area contributed by atoms with Gasteiger partial charge in [0.05, 0.1) is 0 Å². The molecule has 5 nitrogen and oxygen atoms in total. The highest BCUT2D eigenvalue weighted by molar-refractivity contribution is 5.92. The van der Waals surface area contributed by atoms with Crippen molar-refractivity contribution in [3.8, 4) is 0 Å². The second kappa shape index (κ2) is 6.55. The normalized spacial score (nSPS) is 27.3. The first-order valence-electron chi connectivity index (χ1n) is 8.82. The van der Waals surface area contributed by atoms with Gasteiger partial charge < -0.3 is 10.6 Å². The Bertz CT molecular complexity index is 626. The van der Waals surface area contributed by atoms with Gasteiger partial charge in [-0.25, -0.2) is 0 Å². The number of nitrogens with two attached hydrogens (primary N) is 1. The molecular formula is C19H27N3O2. The lowest BCUT2D eigenvalue weighted by atomic mass is 10.1. The van der Waals surface area contributed by atoms with Crippen molar-refractivity contribution in [3.63, 3.8) is 0 Å². The van der Waals surface area contributed by atoms with Crippen LogP contribution < -0.4 is 5.73 Å². The molecule has 0 spiro atoms. The third-order valence-electron chi connectivity index (χ3n) is 5.40. The van der Waals surface area contributed by atoms with Crippen molar-refractivity contribution in [2.75, 3.05) is 19.6 Å². The molecule has 1 saturated heterocycles. The molecule has 2 aliphatic rings. The number of hydrogen-bond donors (Lipinski definition) is 1. The summed E-state index contributed by atoms with van der Waals surface area (Å²) in [7, 11) is 0. The summed E-state index contributed by atoms with van der Waals surface area (Å²) in [6.45, 7) is 9.29. The maximum Gasteiger partial charge on any atom is 0.248 e. The smallest absolute Gasteiger partial charge is 0.248 e. The highest BCUT2D eigenvalue weighted by Gasteiger charge is 2.47. The Balaban J connectivity index is 1.60. The minimum Gasteiger partial charge on any atom is -0.366 e. The summed E-state index contributed by atoms with van der Waals surface area (Å²) in [6, 6.07) is 8.16. The fourth-order valence-electron chi connectivity index (χ4n) is 3.73. The van der Waals surface area contributed by atoms with Crippen LogP contribution in [0.15, 0.2) is 24.3 Å². The predicted molar refractivity (Wildman–Crippen MR) is 93.7 cm³/mol. The molecule has 3 rings (SSSR count). The highest BCUT2D eigenvalue weighted by atomic mass is 16.2. The number of piperazine rings is 1. The Hall–Kier alpha value is -1.88. The lowest BCUT2D eigenvalue weighted by Gasteiger charge is -2.41. The highest BCUT2D eigenvalue weighted by Crippen LogP contribution is 2.48. The van der Waals surface area contributed by atoms with Crippen molar-refractivity contribution in [3.05, 3.63) is 35.4 Å². The van der Waals surface area contributed by atoms with Gasteiger partial charge in [-0.3, -0.25) is 14.5 Å². The van der Waals surface area contributed by atoms with E-state index in [1.54, 1.807) is 12.1 Å². The van der Waals surface area contributed by atoms with Crippen molar-refractivity contribution >= 4 is 11.8 Å². The molecule has 0 radical (unpaired) electrons. The van der Waals surface area contributed by atoms with E-state index in [1.165, 1.54) is 0 Å². The van der Waals surface area contributed by atoms with E-state index >= 15 is 0 Å². The van der Waals surface area contributed by atoms with E-state index in [0.717, 1.165) is 31.6 Å². The number of rotatable bonds is 4. The van der Waals surface area contributed by atoms with Gasteiger partial charge >= 0.3 is 0 Å². The monoisotopic (exact) mass is 329 g/mol. The van der Waals surface area contributed by atoms with E-state index in [0.29, 0.717) is 11.6 Å². The maximum absolute atomic E-state index is 12.8. The molecule has 2 unspecified atom stereocenters. The van der Waals surface area contributed by atoms with Crippen molar-refractivity contribution in [2.24, 2.45) is 11.7 Å². The first-order chi connectivity index (χ1) is 11.4. The van der Waals surface area contributed by atoms with Crippen molar-refractivity contribution in [2.45, 2.75) is 45.2 Å². The average molecular weight is 329 g/mol. The number of hydrogen-bond acceptors (Lipinski definition) is 3. The van der Waals surface area contributed by atoms with Gasteiger partial charge in [0.25, 0.3) is 0 Å². The molecule has 1 heterocycles. The second-order valence-electron chi connectivity index (χ2n) is 7.40. The van der Waals surface area contributed by atoms with Gasteiger partial charge in [0.2, 0.25) is 11.8 Å². The Morgan fingerprint density at radius 3 is 2.38 bits per heavy atom. The molecule has 1 aliphatic carbocycles. The zero-order chi connectivity index (χ0) is 17.4. The van der Waals surface area contributed by atoms with Crippen LogP contribution in [0.3, 0.4) is 0 Å². The number of amides is 2. The Kier molecular flexibility index (Phi) is 4.63.